The van der Waals surface area contributed by atoms with E-state index in [9.17, 15) is 4.79 Å². The third-order valence-electron chi connectivity index (χ3n) is 5.72. The number of nitrogens with one attached hydrogen (secondary N) is 1. The van der Waals surface area contributed by atoms with Crippen molar-refractivity contribution in [2.45, 2.75) is 12.6 Å². The van der Waals surface area contributed by atoms with Crippen LogP contribution in [0, 0.1) is 0 Å². The van der Waals surface area contributed by atoms with Gasteiger partial charge < -0.3 is 14.8 Å². The fourth-order valence-electron chi connectivity index (χ4n) is 3.99. The van der Waals surface area contributed by atoms with Crippen molar-refractivity contribution in [2.24, 2.45) is 4.99 Å². The predicted octanol–water partition coefficient (Wildman–Crippen LogP) is 4.37. The Labute approximate surface area is 191 Å². The van der Waals surface area contributed by atoms with Crippen LogP contribution in [0.2, 0.25) is 0 Å². The Balaban J connectivity index is 1.36. The van der Waals surface area contributed by atoms with Gasteiger partial charge in [-0.25, -0.2) is 4.99 Å². The Bertz CT molecular complexity index is 1340. The monoisotopic (exact) mass is 437 g/mol. The SMILES string of the molecule is COc1cccc(-c2ccc(CNC(=O)[C@@H]3COC(c4ccccc4)=N3)c3cnccc23)c1. The summed E-state index contributed by atoms with van der Waals surface area (Å²) in [6.07, 6.45) is 3.62. The van der Waals surface area contributed by atoms with Crippen molar-refractivity contribution in [3.8, 4) is 16.9 Å². The molecular weight excluding hydrogens is 414 g/mol. The first-order chi connectivity index (χ1) is 16.2. The summed E-state index contributed by atoms with van der Waals surface area (Å²) in [6.45, 7) is 0.624. The van der Waals surface area contributed by atoms with Crippen LogP contribution in [0.5, 0.6) is 5.75 Å². The summed E-state index contributed by atoms with van der Waals surface area (Å²) in [7, 11) is 1.66. The van der Waals surface area contributed by atoms with Crippen LogP contribution in [0.4, 0.5) is 0 Å². The molecule has 4 aromatic rings. The topological polar surface area (TPSA) is 72.8 Å². The van der Waals surface area contributed by atoms with Crippen molar-refractivity contribution in [3.63, 3.8) is 0 Å². The minimum Gasteiger partial charge on any atom is -0.497 e. The van der Waals surface area contributed by atoms with E-state index in [1.165, 1.54) is 0 Å². The van der Waals surface area contributed by atoms with Crippen LogP contribution in [0.15, 0.2) is 90.2 Å². The summed E-state index contributed by atoms with van der Waals surface area (Å²) >= 11 is 0. The van der Waals surface area contributed by atoms with E-state index in [4.69, 9.17) is 9.47 Å². The summed E-state index contributed by atoms with van der Waals surface area (Å²) in [4.78, 5) is 21.5. The molecule has 1 aliphatic rings. The van der Waals surface area contributed by atoms with Crippen molar-refractivity contribution in [2.75, 3.05) is 13.7 Å². The first kappa shape index (κ1) is 20.7. The quantitative estimate of drug-likeness (QED) is 0.486. The number of hydrogen-bond acceptors (Lipinski definition) is 5. The van der Waals surface area contributed by atoms with Crippen molar-refractivity contribution in [1.29, 1.82) is 0 Å². The standard InChI is InChI=1S/C27H23N3O3/c1-32-21-9-5-8-19(14-21)22-11-10-20(24-16-28-13-12-23(22)24)15-29-26(31)25-17-33-27(30-25)18-6-3-2-4-7-18/h2-14,16,25H,15,17H2,1H3,(H,29,31)/t25-/m0/s1. The van der Waals surface area contributed by atoms with Crippen LogP contribution < -0.4 is 10.1 Å². The highest BCUT2D eigenvalue weighted by Crippen LogP contribution is 2.32. The highest BCUT2D eigenvalue weighted by atomic mass is 16.5. The molecule has 0 aliphatic carbocycles. The molecular formula is C27H23N3O3. The number of rotatable bonds is 6. The maximum atomic E-state index is 12.8. The molecule has 0 saturated carbocycles. The number of pyridine rings is 1. The zero-order valence-corrected chi connectivity index (χ0v) is 18.2. The molecule has 5 rings (SSSR count). The average molecular weight is 437 g/mol. The van der Waals surface area contributed by atoms with Gasteiger partial charge in [0, 0.05) is 29.9 Å². The van der Waals surface area contributed by atoms with E-state index in [0.29, 0.717) is 12.4 Å². The molecule has 1 aromatic heterocycles. The Morgan fingerprint density at radius 3 is 2.73 bits per heavy atom. The van der Waals surface area contributed by atoms with Gasteiger partial charge >= 0.3 is 0 Å². The fraction of sp³-hybridized carbons (Fsp3) is 0.148. The number of benzene rings is 3. The smallest absolute Gasteiger partial charge is 0.248 e. The molecule has 0 fully saturated rings. The van der Waals surface area contributed by atoms with Crippen LogP contribution in [-0.4, -0.2) is 36.5 Å². The molecule has 0 radical (unpaired) electrons. The lowest BCUT2D eigenvalue weighted by Crippen LogP contribution is -2.33. The van der Waals surface area contributed by atoms with Crippen LogP contribution in [0.3, 0.4) is 0 Å². The molecule has 0 saturated heterocycles. The maximum absolute atomic E-state index is 12.8. The second-order valence-corrected chi connectivity index (χ2v) is 7.77. The zero-order chi connectivity index (χ0) is 22.6. The van der Waals surface area contributed by atoms with Gasteiger partial charge in [0.05, 0.1) is 7.11 Å². The molecule has 6 heteroatoms. The number of ether oxygens (including phenoxy) is 2. The van der Waals surface area contributed by atoms with E-state index < -0.39 is 6.04 Å². The third-order valence-corrected chi connectivity index (χ3v) is 5.72. The van der Waals surface area contributed by atoms with Gasteiger partial charge in [-0.15, -0.1) is 0 Å². The average Bonchev–Trinajstić information content (AvgIpc) is 3.38. The van der Waals surface area contributed by atoms with E-state index in [2.05, 4.69) is 27.4 Å². The second kappa shape index (κ2) is 9.12. The van der Waals surface area contributed by atoms with Gasteiger partial charge in [-0.1, -0.05) is 42.5 Å². The highest BCUT2D eigenvalue weighted by Gasteiger charge is 2.26. The number of hydrogen-bond donors (Lipinski definition) is 1. The summed E-state index contributed by atoms with van der Waals surface area (Å²) in [6, 6.07) is 23.1. The molecule has 33 heavy (non-hydrogen) atoms. The number of carbonyl (C=O) groups is 1. The van der Waals surface area contributed by atoms with E-state index in [0.717, 1.165) is 38.8 Å². The van der Waals surface area contributed by atoms with Gasteiger partial charge in [0.15, 0.2) is 6.04 Å². The van der Waals surface area contributed by atoms with Gasteiger partial charge in [0.1, 0.15) is 12.4 Å². The molecule has 0 spiro atoms. The molecule has 2 heterocycles. The van der Waals surface area contributed by atoms with Crippen molar-refractivity contribution >= 4 is 22.6 Å². The van der Waals surface area contributed by atoms with Crippen molar-refractivity contribution in [3.05, 3.63) is 96.3 Å². The first-order valence-electron chi connectivity index (χ1n) is 10.8. The summed E-state index contributed by atoms with van der Waals surface area (Å²) in [5, 5.41) is 5.07. The van der Waals surface area contributed by atoms with E-state index in [1.807, 2.05) is 66.9 Å². The minimum absolute atomic E-state index is 0.158. The Morgan fingerprint density at radius 1 is 1.03 bits per heavy atom. The Hall–Kier alpha value is -4.19. The van der Waals surface area contributed by atoms with Gasteiger partial charge in [0.25, 0.3) is 0 Å². The zero-order valence-electron chi connectivity index (χ0n) is 18.2. The number of aliphatic imine (C=N–C) groups is 1. The van der Waals surface area contributed by atoms with Gasteiger partial charge in [-0.05, 0) is 52.4 Å². The van der Waals surface area contributed by atoms with Gasteiger partial charge in [-0.2, -0.15) is 0 Å². The highest BCUT2D eigenvalue weighted by molar-refractivity contribution is 5.99. The molecule has 0 unspecified atom stereocenters. The van der Waals surface area contributed by atoms with E-state index >= 15 is 0 Å². The maximum Gasteiger partial charge on any atom is 0.248 e. The number of carbonyl (C=O) groups excluding carboxylic acids is 1. The number of methoxy groups -OCH3 is 1. The molecule has 0 bridgehead atoms. The lowest BCUT2D eigenvalue weighted by Gasteiger charge is -2.13. The lowest BCUT2D eigenvalue weighted by atomic mass is 9.96. The van der Waals surface area contributed by atoms with Gasteiger partial charge in [-0.3, -0.25) is 9.78 Å². The van der Waals surface area contributed by atoms with E-state index in [1.54, 1.807) is 13.3 Å². The molecule has 1 N–H and O–H groups in total. The van der Waals surface area contributed by atoms with Gasteiger partial charge in [0.2, 0.25) is 11.8 Å². The number of aromatic nitrogens is 1. The van der Waals surface area contributed by atoms with Crippen LogP contribution in [0.1, 0.15) is 11.1 Å². The number of amides is 1. The van der Waals surface area contributed by atoms with Crippen LogP contribution >= 0.6 is 0 Å². The molecule has 3 aromatic carbocycles. The molecule has 1 amide bonds. The van der Waals surface area contributed by atoms with E-state index in [-0.39, 0.29) is 12.5 Å². The summed E-state index contributed by atoms with van der Waals surface area (Å²) < 4.78 is 11.0. The Morgan fingerprint density at radius 2 is 1.88 bits per heavy atom. The molecule has 1 atom stereocenters. The largest absolute Gasteiger partial charge is 0.497 e. The second-order valence-electron chi connectivity index (χ2n) is 7.77. The predicted molar refractivity (Wildman–Crippen MR) is 128 cm³/mol. The normalized spacial score (nSPS) is 15.1. The van der Waals surface area contributed by atoms with Crippen molar-refractivity contribution < 1.29 is 14.3 Å². The molecule has 164 valence electrons. The molecule has 1 aliphatic heterocycles. The van der Waals surface area contributed by atoms with Crippen LogP contribution in [-0.2, 0) is 16.1 Å². The van der Waals surface area contributed by atoms with Crippen molar-refractivity contribution in [1.82, 2.24) is 10.3 Å². The Kier molecular flexibility index (Phi) is 5.72. The number of nitrogens with zero attached hydrogens (tertiary/aromatic N) is 2. The summed E-state index contributed by atoms with van der Waals surface area (Å²) in [5.74, 6) is 1.16. The first-order valence-corrected chi connectivity index (χ1v) is 10.8. The number of fused-ring (bicyclic) bond motifs is 1. The molecule has 6 nitrogen and oxygen atoms in total. The third kappa shape index (κ3) is 4.28. The fourth-order valence-corrected chi connectivity index (χ4v) is 3.99. The summed E-state index contributed by atoms with van der Waals surface area (Å²) in [5.41, 5.74) is 4.01. The van der Waals surface area contributed by atoms with Crippen LogP contribution in [0.25, 0.3) is 21.9 Å². The lowest BCUT2D eigenvalue weighted by molar-refractivity contribution is -0.122. The minimum atomic E-state index is -0.555.